The normalized spacial score (nSPS) is 11.9. The summed E-state index contributed by atoms with van der Waals surface area (Å²) in [6.45, 7) is 2.53. The molecule has 0 saturated heterocycles. The van der Waals surface area contributed by atoms with Crippen LogP contribution in [0.3, 0.4) is 0 Å². The monoisotopic (exact) mass is 282 g/mol. The molecule has 2 rings (SSSR count). The van der Waals surface area contributed by atoms with Gasteiger partial charge in [-0.3, -0.25) is 4.79 Å². The zero-order valence-electron chi connectivity index (χ0n) is 12.4. The van der Waals surface area contributed by atoms with Gasteiger partial charge < -0.3 is 11.1 Å². The lowest BCUT2D eigenvalue weighted by molar-refractivity contribution is -0.121. The molecular formula is C18H22N2O. The Kier molecular flexibility index (Phi) is 5.52. The van der Waals surface area contributed by atoms with Gasteiger partial charge in [-0.1, -0.05) is 60.2 Å². The molecule has 110 valence electrons. The molecule has 0 heterocycles. The van der Waals surface area contributed by atoms with E-state index in [-0.39, 0.29) is 11.9 Å². The van der Waals surface area contributed by atoms with Crippen molar-refractivity contribution >= 4 is 5.91 Å². The summed E-state index contributed by atoms with van der Waals surface area (Å²) in [7, 11) is 0. The molecule has 0 radical (unpaired) electrons. The molecular weight excluding hydrogens is 260 g/mol. The highest BCUT2D eigenvalue weighted by Crippen LogP contribution is 2.09. The molecule has 0 aliphatic rings. The number of amides is 1. The highest BCUT2D eigenvalue weighted by Gasteiger charge is 2.08. The van der Waals surface area contributed by atoms with E-state index >= 15 is 0 Å². The number of nitrogens with one attached hydrogen (secondary N) is 1. The van der Waals surface area contributed by atoms with Gasteiger partial charge in [0.15, 0.2) is 0 Å². The largest absolute Gasteiger partial charge is 0.354 e. The van der Waals surface area contributed by atoms with E-state index < -0.39 is 0 Å². The van der Waals surface area contributed by atoms with Crippen molar-refractivity contribution in [3.8, 4) is 0 Å². The van der Waals surface area contributed by atoms with E-state index in [1.165, 1.54) is 11.1 Å². The minimum Gasteiger partial charge on any atom is -0.354 e. The van der Waals surface area contributed by atoms with Crippen LogP contribution in [0.25, 0.3) is 0 Å². The molecule has 0 saturated carbocycles. The molecule has 2 aromatic rings. The summed E-state index contributed by atoms with van der Waals surface area (Å²) in [6, 6.07) is 17.9. The molecule has 0 spiro atoms. The number of rotatable bonds is 6. The van der Waals surface area contributed by atoms with Gasteiger partial charge in [-0.2, -0.15) is 0 Å². The number of benzene rings is 2. The molecule has 0 aromatic heterocycles. The Morgan fingerprint density at radius 3 is 2.62 bits per heavy atom. The van der Waals surface area contributed by atoms with Crippen LogP contribution in [-0.2, 0) is 11.2 Å². The maximum Gasteiger partial charge on any atom is 0.220 e. The number of hydrogen-bond donors (Lipinski definition) is 2. The van der Waals surface area contributed by atoms with Gasteiger partial charge in [0, 0.05) is 19.0 Å². The van der Waals surface area contributed by atoms with E-state index in [1.54, 1.807) is 0 Å². The van der Waals surface area contributed by atoms with Crippen molar-refractivity contribution in [3.63, 3.8) is 0 Å². The summed E-state index contributed by atoms with van der Waals surface area (Å²) in [5.74, 6) is 0.0443. The summed E-state index contributed by atoms with van der Waals surface area (Å²) in [6.07, 6.45) is 1.25. The van der Waals surface area contributed by atoms with E-state index in [1.807, 2.05) is 36.4 Å². The van der Waals surface area contributed by atoms with Gasteiger partial charge in [-0.05, 0) is 24.5 Å². The summed E-state index contributed by atoms with van der Waals surface area (Å²) < 4.78 is 0. The Balaban J connectivity index is 1.75. The molecule has 1 unspecified atom stereocenters. The summed E-state index contributed by atoms with van der Waals surface area (Å²) in [4.78, 5) is 11.9. The highest BCUT2D eigenvalue weighted by molar-refractivity contribution is 5.76. The molecule has 0 bridgehead atoms. The second-order valence-corrected chi connectivity index (χ2v) is 5.31. The van der Waals surface area contributed by atoms with Gasteiger partial charge in [0.1, 0.15) is 0 Å². The first-order chi connectivity index (χ1) is 10.1. The van der Waals surface area contributed by atoms with E-state index in [0.717, 1.165) is 12.0 Å². The van der Waals surface area contributed by atoms with Crippen molar-refractivity contribution in [1.29, 1.82) is 0 Å². The first-order valence-electron chi connectivity index (χ1n) is 7.28. The van der Waals surface area contributed by atoms with Crippen LogP contribution in [0.15, 0.2) is 54.6 Å². The number of carbonyl (C=O) groups is 1. The molecule has 1 atom stereocenters. The SMILES string of the molecule is Cc1cccc(CCC(=O)NCC(N)c2ccccc2)c1. The van der Waals surface area contributed by atoms with Gasteiger partial charge in [0.2, 0.25) is 5.91 Å². The van der Waals surface area contributed by atoms with Gasteiger partial charge in [-0.15, -0.1) is 0 Å². The van der Waals surface area contributed by atoms with Gasteiger partial charge >= 0.3 is 0 Å². The third-order valence-corrected chi connectivity index (χ3v) is 3.47. The van der Waals surface area contributed by atoms with Gasteiger partial charge in [-0.25, -0.2) is 0 Å². The van der Waals surface area contributed by atoms with E-state index in [0.29, 0.717) is 13.0 Å². The second-order valence-electron chi connectivity index (χ2n) is 5.31. The van der Waals surface area contributed by atoms with Gasteiger partial charge in [0.05, 0.1) is 0 Å². The number of nitrogens with two attached hydrogens (primary N) is 1. The van der Waals surface area contributed by atoms with Crippen molar-refractivity contribution in [1.82, 2.24) is 5.32 Å². The lowest BCUT2D eigenvalue weighted by Gasteiger charge is -2.13. The summed E-state index contributed by atoms with van der Waals surface area (Å²) >= 11 is 0. The van der Waals surface area contributed by atoms with Crippen LogP contribution < -0.4 is 11.1 Å². The topological polar surface area (TPSA) is 55.1 Å². The minimum absolute atomic E-state index is 0.0443. The predicted octanol–water partition coefficient (Wildman–Crippen LogP) is 2.74. The van der Waals surface area contributed by atoms with E-state index in [9.17, 15) is 4.79 Å². The van der Waals surface area contributed by atoms with Crippen LogP contribution in [0, 0.1) is 6.92 Å². The third kappa shape index (κ3) is 5.04. The van der Waals surface area contributed by atoms with Crippen molar-refractivity contribution in [2.75, 3.05) is 6.54 Å². The molecule has 2 aromatic carbocycles. The molecule has 3 nitrogen and oxygen atoms in total. The lowest BCUT2D eigenvalue weighted by Crippen LogP contribution is -2.32. The molecule has 1 amide bonds. The van der Waals surface area contributed by atoms with Crippen LogP contribution in [0.5, 0.6) is 0 Å². The van der Waals surface area contributed by atoms with Gasteiger partial charge in [0.25, 0.3) is 0 Å². The van der Waals surface area contributed by atoms with E-state index in [4.69, 9.17) is 5.73 Å². The maximum atomic E-state index is 11.9. The predicted molar refractivity (Wildman–Crippen MR) is 85.9 cm³/mol. The third-order valence-electron chi connectivity index (χ3n) is 3.47. The molecule has 0 aliphatic heterocycles. The van der Waals surface area contributed by atoms with Crippen molar-refractivity contribution in [2.24, 2.45) is 5.73 Å². The van der Waals surface area contributed by atoms with Crippen LogP contribution >= 0.6 is 0 Å². The van der Waals surface area contributed by atoms with Crippen molar-refractivity contribution in [2.45, 2.75) is 25.8 Å². The summed E-state index contributed by atoms with van der Waals surface area (Å²) in [5, 5.41) is 2.90. The molecule has 3 heteroatoms. The Hall–Kier alpha value is -2.13. The summed E-state index contributed by atoms with van der Waals surface area (Å²) in [5.41, 5.74) is 9.51. The number of hydrogen-bond acceptors (Lipinski definition) is 2. The van der Waals surface area contributed by atoms with Crippen LogP contribution in [0.1, 0.15) is 29.2 Å². The van der Waals surface area contributed by atoms with Crippen LogP contribution in [-0.4, -0.2) is 12.5 Å². The van der Waals surface area contributed by atoms with Crippen molar-refractivity contribution in [3.05, 3.63) is 71.3 Å². The Morgan fingerprint density at radius 1 is 1.14 bits per heavy atom. The lowest BCUT2D eigenvalue weighted by atomic mass is 10.1. The first kappa shape index (κ1) is 15.3. The minimum atomic E-state index is -0.158. The zero-order valence-corrected chi connectivity index (χ0v) is 12.4. The maximum absolute atomic E-state index is 11.9. The Morgan fingerprint density at radius 2 is 1.90 bits per heavy atom. The van der Waals surface area contributed by atoms with Crippen molar-refractivity contribution < 1.29 is 4.79 Å². The van der Waals surface area contributed by atoms with Crippen LogP contribution in [0.4, 0.5) is 0 Å². The first-order valence-corrected chi connectivity index (χ1v) is 7.28. The second kappa shape index (κ2) is 7.60. The zero-order chi connectivity index (χ0) is 15.1. The van der Waals surface area contributed by atoms with Crippen LogP contribution in [0.2, 0.25) is 0 Å². The standard InChI is InChI=1S/C18H22N2O/c1-14-6-5-7-15(12-14)10-11-18(21)20-13-17(19)16-8-3-2-4-9-16/h2-9,12,17H,10-11,13,19H2,1H3,(H,20,21). The molecule has 0 fully saturated rings. The Bertz CT molecular complexity index is 581. The van der Waals surface area contributed by atoms with E-state index in [2.05, 4.69) is 30.4 Å². The smallest absolute Gasteiger partial charge is 0.220 e. The average Bonchev–Trinajstić information content (AvgIpc) is 2.51. The fourth-order valence-electron chi connectivity index (χ4n) is 2.26. The molecule has 3 N–H and O–H groups in total. The molecule has 21 heavy (non-hydrogen) atoms. The number of aryl methyl sites for hydroxylation is 2. The highest BCUT2D eigenvalue weighted by atomic mass is 16.1. The fourth-order valence-corrected chi connectivity index (χ4v) is 2.26. The fraction of sp³-hybridized carbons (Fsp3) is 0.278. The number of carbonyl (C=O) groups excluding carboxylic acids is 1. The quantitative estimate of drug-likeness (QED) is 0.856. The average molecular weight is 282 g/mol. The Labute approximate surface area is 126 Å². The molecule has 0 aliphatic carbocycles.